The molecular weight excluding hydrogens is 160 g/mol. The van der Waals surface area contributed by atoms with E-state index < -0.39 is 0 Å². The number of hydrogen-bond donors (Lipinski definition) is 2. The molecule has 1 aromatic rings. The fraction of sp³-hybridized carbons (Fsp3) is 0.636. The van der Waals surface area contributed by atoms with Gasteiger partial charge in [-0.3, -0.25) is 0 Å². The minimum Gasteiger partial charge on any atom is -0.365 e. The van der Waals surface area contributed by atoms with Crippen molar-refractivity contribution in [1.29, 1.82) is 0 Å². The van der Waals surface area contributed by atoms with Crippen LogP contribution < -0.4 is 5.32 Å². The molecule has 74 valence electrons. The molecule has 0 unspecified atom stereocenters. The van der Waals surface area contributed by atoms with Gasteiger partial charge >= 0.3 is 0 Å². The van der Waals surface area contributed by atoms with Gasteiger partial charge < -0.3 is 10.3 Å². The summed E-state index contributed by atoms with van der Waals surface area (Å²) in [6, 6.07) is 4.82. The average molecular weight is 180 g/mol. The summed E-state index contributed by atoms with van der Waals surface area (Å²) in [5.41, 5.74) is 1.35. The van der Waals surface area contributed by atoms with Crippen LogP contribution in [0.5, 0.6) is 0 Å². The molecule has 0 aliphatic carbocycles. The molecule has 2 nitrogen and oxygen atoms in total. The fourth-order valence-electron chi connectivity index (χ4n) is 1.35. The van der Waals surface area contributed by atoms with Crippen LogP contribution in [0, 0.1) is 0 Å². The molecular formula is C11H20N2. The molecule has 0 saturated carbocycles. The van der Waals surface area contributed by atoms with Crippen LogP contribution in [0.2, 0.25) is 0 Å². The Morgan fingerprint density at radius 2 is 2.23 bits per heavy atom. The summed E-state index contributed by atoms with van der Waals surface area (Å²) in [6.07, 6.45) is 5.69. The van der Waals surface area contributed by atoms with Crippen molar-refractivity contribution in [2.75, 3.05) is 6.54 Å². The second-order valence-corrected chi connectivity index (χ2v) is 3.76. The fourth-order valence-corrected chi connectivity index (χ4v) is 1.35. The topological polar surface area (TPSA) is 27.8 Å². The van der Waals surface area contributed by atoms with Gasteiger partial charge in [-0.15, -0.1) is 0 Å². The van der Waals surface area contributed by atoms with Gasteiger partial charge in [0, 0.05) is 17.9 Å². The summed E-state index contributed by atoms with van der Waals surface area (Å²) < 4.78 is 0. The molecule has 0 radical (unpaired) electrons. The first-order chi connectivity index (χ1) is 6.29. The van der Waals surface area contributed by atoms with Gasteiger partial charge in [0.15, 0.2) is 0 Å². The summed E-state index contributed by atoms with van der Waals surface area (Å²) in [4.78, 5) is 3.22. The molecule has 0 bridgehead atoms. The number of rotatable bonds is 6. The highest BCUT2D eigenvalue weighted by atomic mass is 14.9. The predicted molar refractivity (Wildman–Crippen MR) is 56.9 cm³/mol. The molecule has 0 fully saturated rings. The summed E-state index contributed by atoms with van der Waals surface area (Å²) in [5, 5.41) is 3.42. The molecule has 0 aromatic carbocycles. The van der Waals surface area contributed by atoms with E-state index in [2.05, 4.69) is 36.3 Å². The largest absolute Gasteiger partial charge is 0.365 e. The summed E-state index contributed by atoms with van der Waals surface area (Å²) >= 11 is 0. The molecule has 2 N–H and O–H groups in total. The van der Waals surface area contributed by atoms with Gasteiger partial charge in [-0.25, -0.2) is 0 Å². The lowest BCUT2D eigenvalue weighted by atomic mass is 10.2. The van der Waals surface area contributed by atoms with Crippen molar-refractivity contribution >= 4 is 0 Å². The van der Waals surface area contributed by atoms with Gasteiger partial charge in [-0.2, -0.15) is 0 Å². The molecule has 0 spiro atoms. The Labute approximate surface area is 80.7 Å². The first kappa shape index (κ1) is 10.3. The molecule has 1 aromatic heterocycles. The number of unbranched alkanes of at least 4 members (excludes halogenated alkanes) is 1. The SMILES string of the molecule is CC(C)NCCCCc1ccc[nH]1. The van der Waals surface area contributed by atoms with Crippen molar-refractivity contribution in [2.24, 2.45) is 0 Å². The second-order valence-electron chi connectivity index (χ2n) is 3.76. The number of aromatic amines is 1. The Bertz CT molecular complexity index is 202. The van der Waals surface area contributed by atoms with Crippen LogP contribution in [0.4, 0.5) is 0 Å². The highest BCUT2D eigenvalue weighted by molar-refractivity contribution is 5.03. The van der Waals surface area contributed by atoms with Crippen molar-refractivity contribution < 1.29 is 0 Å². The predicted octanol–water partition coefficient (Wildman–Crippen LogP) is 2.34. The maximum atomic E-state index is 3.42. The van der Waals surface area contributed by atoms with Gasteiger partial charge in [0.1, 0.15) is 0 Å². The number of nitrogens with one attached hydrogen (secondary N) is 2. The molecule has 0 aliphatic heterocycles. The van der Waals surface area contributed by atoms with E-state index in [0.29, 0.717) is 6.04 Å². The van der Waals surface area contributed by atoms with E-state index in [9.17, 15) is 0 Å². The number of hydrogen-bond acceptors (Lipinski definition) is 1. The third-order valence-electron chi connectivity index (χ3n) is 2.09. The minimum atomic E-state index is 0.616. The van der Waals surface area contributed by atoms with E-state index in [4.69, 9.17) is 0 Å². The smallest absolute Gasteiger partial charge is 0.0147 e. The number of H-pyrrole nitrogens is 1. The van der Waals surface area contributed by atoms with E-state index in [1.165, 1.54) is 25.0 Å². The van der Waals surface area contributed by atoms with Crippen molar-refractivity contribution in [2.45, 2.75) is 39.2 Å². The normalized spacial score (nSPS) is 11.0. The van der Waals surface area contributed by atoms with Crippen molar-refractivity contribution in [3.63, 3.8) is 0 Å². The third kappa shape index (κ3) is 4.73. The lowest BCUT2D eigenvalue weighted by Gasteiger charge is -2.06. The van der Waals surface area contributed by atoms with E-state index in [0.717, 1.165) is 6.54 Å². The maximum absolute atomic E-state index is 3.42. The van der Waals surface area contributed by atoms with Gasteiger partial charge in [-0.1, -0.05) is 13.8 Å². The van der Waals surface area contributed by atoms with Crippen molar-refractivity contribution in [3.05, 3.63) is 24.0 Å². The zero-order chi connectivity index (χ0) is 9.52. The molecule has 0 atom stereocenters. The molecule has 13 heavy (non-hydrogen) atoms. The third-order valence-corrected chi connectivity index (χ3v) is 2.09. The monoisotopic (exact) mass is 180 g/mol. The minimum absolute atomic E-state index is 0.616. The van der Waals surface area contributed by atoms with Crippen LogP contribution in [0.3, 0.4) is 0 Å². The molecule has 0 amide bonds. The molecule has 0 saturated heterocycles. The van der Waals surface area contributed by atoms with Gasteiger partial charge in [0.2, 0.25) is 0 Å². The lowest BCUT2D eigenvalue weighted by molar-refractivity contribution is 0.556. The molecule has 1 rings (SSSR count). The zero-order valence-corrected chi connectivity index (χ0v) is 8.64. The Morgan fingerprint density at radius 1 is 1.38 bits per heavy atom. The van der Waals surface area contributed by atoms with Crippen LogP contribution in [-0.2, 0) is 6.42 Å². The Hall–Kier alpha value is -0.760. The second kappa shape index (κ2) is 5.81. The standard InChI is InChI=1S/C11H20N2/c1-10(2)12-8-4-3-6-11-7-5-9-13-11/h5,7,9-10,12-13H,3-4,6,8H2,1-2H3. The van der Waals surface area contributed by atoms with Crippen LogP contribution in [0.15, 0.2) is 18.3 Å². The Kier molecular flexibility index (Phi) is 4.61. The van der Waals surface area contributed by atoms with E-state index >= 15 is 0 Å². The van der Waals surface area contributed by atoms with Gasteiger partial charge in [-0.05, 0) is 37.9 Å². The maximum Gasteiger partial charge on any atom is 0.0147 e. The number of aryl methyl sites for hydroxylation is 1. The molecule has 1 heterocycles. The summed E-state index contributed by atoms with van der Waals surface area (Å²) in [7, 11) is 0. The van der Waals surface area contributed by atoms with Crippen molar-refractivity contribution in [1.82, 2.24) is 10.3 Å². The molecule has 2 heteroatoms. The number of aromatic nitrogens is 1. The van der Waals surface area contributed by atoms with Gasteiger partial charge in [0.05, 0.1) is 0 Å². The van der Waals surface area contributed by atoms with Crippen LogP contribution >= 0.6 is 0 Å². The highest BCUT2D eigenvalue weighted by Crippen LogP contribution is 2.01. The van der Waals surface area contributed by atoms with Crippen LogP contribution in [0.1, 0.15) is 32.4 Å². The van der Waals surface area contributed by atoms with Crippen LogP contribution in [-0.4, -0.2) is 17.6 Å². The quantitative estimate of drug-likeness (QED) is 0.646. The molecule has 0 aliphatic rings. The average Bonchev–Trinajstić information content (AvgIpc) is 2.55. The van der Waals surface area contributed by atoms with Crippen LogP contribution in [0.25, 0.3) is 0 Å². The first-order valence-electron chi connectivity index (χ1n) is 5.14. The summed E-state index contributed by atoms with van der Waals surface area (Å²) in [6.45, 7) is 5.51. The summed E-state index contributed by atoms with van der Waals surface area (Å²) in [5.74, 6) is 0. The Balaban J connectivity index is 1.96. The lowest BCUT2D eigenvalue weighted by Crippen LogP contribution is -2.23. The highest BCUT2D eigenvalue weighted by Gasteiger charge is 1.94. The first-order valence-corrected chi connectivity index (χ1v) is 5.14. The van der Waals surface area contributed by atoms with E-state index in [1.54, 1.807) is 0 Å². The Morgan fingerprint density at radius 3 is 2.85 bits per heavy atom. The van der Waals surface area contributed by atoms with Crippen molar-refractivity contribution in [3.8, 4) is 0 Å². The van der Waals surface area contributed by atoms with E-state index in [-0.39, 0.29) is 0 Å². The van der Waals surface area contributed by atoms with Gasteiger partial charge in [0.25, 0.3) is 0 Å². The van der Waals surface area contributed by atoms with E-state index in [1.807, 2.05) is 6.20 Å². The zero-order valence-electron chi connectivity index (χ0n) is 8.64.